The van der Waals surface area contributed by atoms with Crippen molar-refractivity contribution in [3.05, 3.63) is 58.9 Å². The molecule has 0 bridgehead atoms. The lowest BCUT2D eigenvalue weighted by Crippen LogP contribution is -2.19. The summed E-state index contributed by atoms with van der Waals surface area (Å²) in [5, 5.41) is 0. The normalized spacial score (nSPS) is 20.0. The molecular formula is C20H28O2. The summed E-state index contributed by atoms with van der Waals surface area (Å²) >= 11 is 0. The fourth-order valence-electron chi connectivity index (χ4n) is 2.81. The summed E-state index contributed by atoms with van der Waals surface area (Å²) in [6, 6.07) is 0. The Morgan fingerprint density at radius 2 is 1.91 bits per heavy atom. The molecule has 0 radical (unpaired) electrons. The van der Waals surface area contributed by atoms with Crippen LogP contribution in [0.1, 0.15) is 53.9 Å². The van der Waals surface area contributed by atoms with Gasteiger partial charge in [0.1, 0.15) is 0 Å². The van der Waals surface area contributed by atoms with Crippen LogP contribution in [0.4, 0.5) is 0 Å². The first-order valence-electron chi connectivity index (χ1n) is 7.86. The van der Waals surface area contributed by atoms with Crippen LogP contribution in [0.25, 0.3) is 0 Å². The predicted molar refractivity (Wildman–Crippen MR) is 93.3 cm³/mol. The van der Waals surface area contributed by atoms with Crippen molar-refractivity contribution in [1.29, 1.82) is 0 Å². The van der Waals surface area contributed by atoms with Crippen LogP contribution in [0.3, 0.4) is 0 Å². The van der Waals surface area contributed by atoms with Crippen LogP contribution in [0.15, 0.2) is 58.9 Å². The zero-order chi connectivity index (χ0) is 16.6. The molecule has 0 heterocycles. The molecule has 0 spiro atoms. The van der Waals surface area contributed by atoms with Gasteiger partial charge in [-0.3, -0.25) is 4.79 Å². The summed E-state index contributed by atoms with van der Waals surface area (Å²) in [4.78, 5) is 10.1. The maximum atomic E-state index is 10.1. The molecule has 0 atom stereocenters. The summed E-state index contributed by atoms with van der Waals surface area (Å²) in [7, 11) is 0. The molecule has 1 rings (SSSR count). The third-order valence-electron chi connectivity index (χ3n) is 4.08. The van der Waals surface area contributed by atoms with Crippen molar-refractivity contribution in [1.82, 2.24) is 0 Å². The number of hydrogen-bond donors (Lipinski definition) is 0. The van der Waals surface area contributed by atoms with Gasteiger partial charge in [-0.2, -0.15) is 0 Å². The highest BCUT2D eigenvalue weighted by Crippen LogP contribution is 2.40. The van der Waals surface area contributed by atoms with E-state index in [2.05, 4.69) is 50.7 Å². The van der Waals surface area contributed by atoms with Crippen molar-refractivity contribution < 1.29 is 9.53 Å². The number of rotatable bonds is 6. The van der Waals surface area contributed by atoms with Crippen LogP contribution in [-0.2, 0) is 9.53 Å². The summed E-state index contributed by atoms with van der Waals surface area (Å²) in [6.45, 7) is 11.3. The van der Waals surface area contributed by atoms with E-state index in [4.69, 9.17) is 0 Å². The molecule has 2 heteroatoms. The van der Waals surface area contributed by atoms with Crippen molar-refractivity contribution in [2.45, 2.75) is 53.9 Å². The fourth-order valence-corrected chi connectivity index (χ4v) is 2.81. The molecule has 0 fully saturated rings. The van der Waals surface area contributed by atoms with Gasteiger partial charge in [0.15, 0.2) is 0 Å². The van der Waals surface area contributed by atoms with Gasteiger partial charge in [-0.1, -0.05) is 55.4 Å². The Morgan fingerprint density at radius 3 is 2.55 bits per heavy atom. The smallest absolute Gasteiger partial charge is 0.297 e. The molecule has 0 aromatic heterocycles. The Balaban J connectivity index is 2.75. The monoisotopic (exact) mass is 300 g/mol. The minimum absolute atomic E-state index is 0.278. The lowest BCUT2D eigenvalue weighted by molar-refractivity contribution is -0.123. The van der Waals surface area contributed by atoms with Gasteiger partial charge in [0.25, 0.3) is 6.47 Å². The molecule has 0 unspecified atom stereocenters. The lowest BCUT2D eigenvalue weighted by Gasteiger charge is -2.32. The van der Waals surface area contributed by atoms with Gasteiger partial charge in [-0.25, -0.2) is 0 Å². The van der Waals surface area contributed by atoms with E-state index < -0.39 is 0 Å². The zero-order valence-corrected chi connectivity index (χ0v) is 14.5. The first kappa shape index (κ1) is 18.2. The van der Waals surface area contributed by atoms with Crippen molar-refractivity contribution in [2.24, 2.45) is 5.41 Å². The van der Waals surface area contributed by atoms with Gasteiger partial charge in [0.05, 0.1) is 6.26 Å². The summed E-state index contributed by atoms with van der Waals surface area (Å²) in [5.74, 6) is 0. The molecule has 2 nitrogen and oxygen atoms in total. The molecule has 22 heavy (non-hydrogen) atoms. The van der Waals surface area contributed by atoms with Crippen LogP contribution in [-0.4, -0.2) is 6.47 Å². The first-order chi connectivity index (χ1) is 10.4. The van der Waals surface area contributed by atoms with Crippen LogP contribution in [0.2, 0.25) is 0 Å². The Kier molecular flexibility index (Phi) is 7.10. The Bertz CT molecular complexity index is 540. The highest BCUT2D eigenvalue weighted by atomic mass is 16.5. The lowest BCUT2D eigenvalue weighted by atomic mass is 9.72. The van der Waals surface area contributed by atoms with E-state index >= 15 is 0 Å². The third-order valence-corrected chi connectivity index (χ3v) is 4.08. The molecule has 0 aliphatic heterocycles. The molecule has 0 aromatic rings. The number of carbonyl (C=O) groups excluding carboxylic acids is 1. The molecule has 0 N–H and O–H groups in total. The van der Waals surface area contributed by atoms with Crippen molar-refractivity contribution in [3.63, 3.8) is 0 Å². The summed E-state index contributed by atoms with van der Waals surface area (Å²) < 4.78 is 4.58. The average Bonchev–Trinajstić information content (AvgIpc) is 2.43. The van der Waals surface area contributed by atoms with E-state index in [9.17, 15) is 4.79 Å². The maximum absolute atomic E-state index is 10.1. The van der Waals surface area contributed by atoms with E-state index in [1.165, 1.54) is 42.2 Å². The topological polar surface area (TPSA) is 26.3 Å². The van der Waals surface area contributed by atoms with Crippen LogP contribution >= 0.6 is 0 Å². The largest absolute Gasteiger partial charge is 0.436 e. The predicted octanol–water partition coefficient (Wildman–Crippen LogP) is 5.65. The van der Waals surface area contributed by atoms with Crippen LogP contribution in [0, 0.1) is 5.41 Å². The summed E-state index contributed by atoms with van der Waals surface area (Å²) in [5.41, 5.74) is 5.36. The van der Waals surface area contributed by atoms with E-state index in [-0.39, 0.29) is 5.41 Å². The van der Waals surface area contributed by atoms with E-state index in [0.717, 1.165) is 5.57 Å². The fraction of sp³-hybridized carbons (Fsp3) is 0.450. The van der Waals surface area contributed by atoms with Crippen molar-refractivity contribution >= 4 is 6.47 Å². The highest BCUT2D eigenvalue weighted by molar-refractivity contribution is 5.39. The molecule has 1 aliphatic carbocycles. The number of ether oxygens (including phenoxy) is 1. The van der Waals surface area contributed by atoms with E-state index in [1.807, 2.05) is 19.1 Å². The molecule has 0 aromatic carbocycles. The number of hydrogen-bond acceptors (Lipinski definition) is 2. The average molecular weight is 300 g/mol. The molecule has 0 saturated carbocycles. The van der Waals surface area contributed by atoms with Crippen LogP contribution < -0.4 is 0 Å². The SMILES string of the molecule is CC(C=CC1=C(C)CCCC1(C)C)=CC=CC(C)=COC=O. The van der Waals surface area contributed by atoms with Gasteiger partial charge in [-0.05, 0) is 56.6 Å². The standard InChI is InChI=1S/C20H28O2/c1-16(8-6-9-17(2)14-22-15-21)11-12-19-18(3)10-7-13-20(19,4)5/h6,8-9,11-12,14-15H,7,10,13H2,1-5H3. The van der Waals surface area contributed by atoms with Gasteiger partial charge in [-0.15, -0.1) is 0 Å². The minimum atomic E-state index is 0.278. The Morgan fingerprint density at radius 1 is 1.18 bits per heavy atom. The van der Waals surface area contributed by atoms with E-state index in [1.54, 1.807) is 0 Å². The third kappa shape index (κ3) is 5.88. The molecular weight excluding hydrogens is 272 g/mol. The Labute approximate surface area is 134 Å². The van der Waals surface area contributed by atoms with Crippen molar-refractivity contribution in [3.8, 4) is 0 Å². The second-order valence-corrected chi connectivity index (χ2v) is 6.63. The molecule has 0 amide bonds. The molecule has 0 saturated heterocycles. The van der Waals surface area contributed by atoms with Crippen molar-refractivity contribution in [2.75, 3.05) is 0 Å². The van der Waals surface area contributed by atoms with Gasteiger partial charge >= 0.3 is 0 Å². The number of carbonyl (C=O) groups is 1. The second kappa shape index (κ2) is 8.57. The van der Waals surface area contributed by atoms with E-state index in [0.29, 0.717) is 6.47 Å². The molecule has 1 aliphatic rings. The van der Waals surface area contributed by atoms with Gasteiger partial charge in [0, 0.05) is 0 Å². The highest BCUT2D eigenvalue weighted by Gasteiger charge is 2.26. The van der Waals surface area contributed by atoms with Gasteiger partial charge in [0.2, 0.25) is 0 Å². The quantitative estimate of drug-likeness (QED) is 0.360. The maximum Gasteiger partial charge on any atom is 0.297 e. The second-order valence-electron chi connectivity index (χ2n) is 6.63. The minimum Gasteiger partial charge on any atom is -0.436 e. The van der Waals surface area contributed by atoms with Crippen LogP contribution in [0.5, 0.6) is 0 Å². The summed E-state index contributed by atoms with van der Waals surface area (Å²) in [6.07, 6.45) is 15.6. The number of allylic oxidation sites excluding steroid dienone is 9. The Hall–Kier alpha value is -1.83. The zero-order valence-electron chi connectivity index (χ0n) is 14.5. The van der Waals surface area contributed by atoms with Gasteiger partial charge < -0.3 is 4.74 Å². The molecule has 120 valence electrons. The first-order valence-corrected chi connectivity index (χ1v) is 7.86.